The first-order valence-electron chi connectivity index (χ1n) is 9.55. The van der Waals surface area contributed by atoms with E-state index in [9.17, 15) is 0 Å². The van der Waals surface area contributed by atoms with E-state index in [1.54, 1.807) is 0 Å². The van der Waals surface area contributed by atoms with Gasteiger partial charge in [0.15, 0.2) is 5.96 Å². The number of aliphatic imine (C=N–C) groups is 1. The SMILES string of the molecule is NC(=NCc1cn(-c2ccccc2)nc1-c1ccccc1)NC1CCCC1. The Labute approximate surface area is 159 Å². The topological polar surface area (TPSA) is 68.2 Å². The van der Waals surface area contributed by atoms with Gasteiger partial charge in [-0.2, -0.15) is 5.10 Å². The monoisotopic (exact) mass is 359 g/mol. The average molecular weight is 359 g/mol. The molecule has 0 atom stereocenters. The van der Waals surface area contributed by atoms with Gasteiger partial charge in [0.25, 0.3) is 0 Å². The summed E-state index contributed by atoms with van der Waals surface area (Å²) in [6.07, 6.45) is 6.94. The van der Waals surface area contributed by atoms with Crippen molar-refractivity contribution in [1.82, 2.24) is 15.1 Å². The van der Waals surface area contributed by atoms with E-state index in [4.69, 9.17) is 10.8 Å². The molecule has 0 spiro atoms. The van der Waals surface area contributed by atoms with Crippen LogP contribution in [0.25, 0.3) is 16.9 Å². The van der Waals surface area contributed by atoms with Crippen molar-refractivity contribution < 1.29 is 0 Å². The Morgan fingerprint density at radius 3 is 2.41 bits per heavy atom. The minimum Gasteiger partial charge on any atom is -0.370 e. The van der Waals surface area contributed by atoms with Crippen molar-refractivity contribution in [1.29, 1.82) is 0 Å². The number of benzene rings is 2. The maximum absolute atomic E-state index is 6.12. The van der Waals surface area contributed by atoms with Gasteiger partial charge in [-0.25, -0.2) is 9.67 Å². The van der Waals surface area contributed by atoms with Crippen LogP contribution >= 0.6 is 0 Å². The van der Waals surface area contributed by atoms with Crippen LogP contribution in [-0.4, -0.2) is 21.8 Å². The summed E-state index contributed by atoms with van der Waals surface area (Å²) < 4.78 is 1.91. The summed E-state index contributed by atoms with van der Waals surface area (Å²) in [6.45, 7) is 0.503. The number of rotatable bonds is 5. The van der Waals surface area contributed by atoms with E-state index in [1.807, 2.05) is 59.4 Å². The Morgan fingerprint density at radius 1 is 1.04 bits per heavy atom. The van der Waals surface area contributed by atoms with E-state index in [1.165, 1.54) is 25.7 Å². The molecular weight excluding hydrogens is 334 g/mol. The minimum atomic E-state index is 0.467. The molecule has 0 radical (unpaired) electrons. The predicted molar refractivity (Wildman–Crippen MR) is 110 cm³/mol. The summed E-state index contributed by atoms with van der Waals surface area (Å²) in [4.78, 5) is 4.58. The van der Waals surface area contributed by atoms with E-state index in [-0.39, 0.29) is 0 Å². The normalized spacial score (nSPS) is 15.2. The lowest BCUT2D eigenvalue weighted by Gasteiger charge is -2.12. The largest absolute Gasteiger partial charge is 0.370 e. The predicted octanol–water partition coefficient (Wildman–Crippen LogP) is 3.89. The summed E-state index contributed by atoms with van der Waals surface area (Å²) in [5.41, 5.74) is 10.2. The number of nitrogens with zero attached hydrogens (tertiary/aromatic N) is 3. The van der Waals surface area contributed by atoms with Gasteiger partial charge in [0, 0.05) is 23.4 Å². The molecule has 0 amide bonds. The van der Waals surface area contributed by atoms with Crippen LogP contribution in [0, 0.1) is 0 Å². The molecule has 3 N–H and O–H groups in total. The van der Waals surface area contributed by atoms with Gasteiger partial charge in [0.1, 0.15) is 0 Å². The highest BCUT2D eigenvalue weighted by Gasteiger charge is 2.15. The van der Waals surface area contributed by atoms with Crippen molar-refractivity contribution in [2.75, 3.05) is 0 Å². The lowest BCUT2D eigenvalue weighted by Crippen LogP contribution is -2.38. The third kappa shape index (κ3) is 4.19. The van der Waals surface area contributed by atoms with E-state index >= 15 is 0 Å². The number of hydrogen-bond acceptors (Lipinski definition) is 2. The molecule has 0 unspecified atom stereocenters. The third-order valence-electron chi connectivity index (χ3n) is 4.98. The lowest BCUT2D eigenvalue weighted by molar-refractivity contribution is 0.625. The molecule has 138 valence electrons. The molecule has 5 heteroatoms. The first-order chi connectivity index (χ1) is 13.3. The second-order valence-corrected chi connectivity index (χ2v) is 6.98. The summed E-state index contributed by atoms with van der Waals surface area (Å²) in [5, 5.41) is 8.17. The van der Waals surface area contributed by atoms with Gasteiger partial charge in [0.05, 0.1) is 17.9 Å². The average Bonchev–Trinajstić information content (AvgIpc) is 3.37. The second-order valence-electron chi connectivity index (χ2n) is 6.98. The number of nitrogens with one attached hydrogen (secondary N) is 1. The summed E-state index contributed by atoms with van der Waals surface area (Å²) >= 11 is 0. The molecule has 5 nitrogen and oxygen atoms in total. The summed E-state index contributed by atoms with van der Waals surface area (Å²) in [7, 11) is 0. The van der Waals surface area contributed by atoms with Gasteiger partial charge in [-0.3, -0.25) is 0 Å². The highest BCUT2D eigenvalue weighted by Crippen LogP contribution is 2.24. The quantitative estimate of drug-likeness (QED) is 0.536. The Kier molecular flexibility index (Phi) is 5.19. The molecule has 1 fully saturated rings. The Bertz CT molecular complexity index is 893. The zero-order valence-electron chi connectivity index (χ0n) is 15.4. The standard InChI is InChI=1S/C22H25N5/c23-22(25-19-11-7-8-12-19)24-15-18-16-27(20-13-5-2-6-14-20)26-21(18)17-9-3-1-4-10-17/h1-6,9-10,13-14,16,19H,7-8,11-12,15H2,(H3,23,24,25). The fourth-order valence-corrected chi connectivity index (χ4v) is 3.57. The van der Waals surface area contributed by atoms with Gasteiger partial charge >= 0.3 is 0 Å². The Hall–Kier alpha value is -3.08. The van der Waals surface area contributed by atoms with Crippen molar-refractivity contribution in [3.8, 4) is 16.9 Å². The summed E-state index contributed by atoms with van der Waals surface area (Å²) in [6, 6.07) is 20.8. The van der Waals surface area contributed by atoms with Crippen molar-refractivity contribution in [3.63, 3.8) is 0 Å². The molecule has 4 rings (SSSR count). The van der Waals surface area contributed by atoms with Gasteiger partial charge in [-0.1, -0.05) is 61.4 Å². The molecule has 1 aromatic heterocycles. The first kappa shape index (κ1) is 17.3. The zero-order chi connectivity index (χ0) is 18.5. The molecule has 27 heavy (non-hydrogen) atoms. The van der Waals surface area contributed by atoms with E-state index in [0.717, 1.165) is 22.5 Å². The van der Waals surface area contributed by atoms with Crippen molar-refractivity contribution in [3.05, 3.63) is 72.4 Å². The third-order valence-corrected chi connectivity index (χ3v) is 4.98. The van der Waals surface area contributed by atoms with Crippen LogP contribution < -0.4 is 11.1 Å². The number of aromatic nitrogens is 2. The van der Waals surface area contributed by atoms with Crippen molar-refractivity contribution in [2.45, 2.75) is 38.3 Å². The molecule has 0 saturated heterocycles. The number of hydrogen-bond donors (Lipinski definition) is 2. The summed E-state index contributed by atoms with van der Waals surface area (Å²) in [5.74, 6) is 0.522. The zero-order valence-corrected chi connectivity index (χ0v) is 15.4. The molecular formula is C22H25N5. The van der Waals surface area contributed by atoms with Gasteiger partial charge in [-0.15, -0.1) is 0 Å². The Balaban J connectivity index is 1.61. The van der Waals surface area contributed by atoms with E-state index < -0.39 is 0 Å². The van der Waals surface area contributed by atoms with Crippen LogP contribution in [0.5, 0.6) is 0 Å². The number of nitrogens with two attached hydrogens (primary N) is 1. The van der Waals surface area contributed by atoms with E-state index in [2.05, 4.69) is 22.4 Å². The van der Waals surface area contributed by atoms with Crippen LogP contribution in [0.4, 0.5) is 0 Å². The fraction of sp³-hybridized carbons (Fsp3) is 0.273. The van der Waals surface area contributed by atoms with Crippen LogP contribution in [0.1, 0.15) is 31.2 Å². The van der Waals surface area contributed by atoms with Gasteiger partial charge in [0.2, 0.25) is 0 Å². The molecule has 0 aliphatic heterocycles. The molecule has 1 aliphatic carbocycles. The molecule has 0 bridgehead atoms. The molecule has 1 saturated carbocycles. The molecule has 1 heterocycles. The van der Waals surface area contributed by atoms with Crippen molar-refractivity contribution in [2.24, 2.45) is 10.7 Å². The van der Waals surface area contributed by atoms with Crippen LogP contribution in [0.15, 0.2) is 71.9 Å². The second kappa shape index (κ2) is 8.08. The molecule has 1 aliphatic rings. The smallest absolute Gasteiger partial charge is 0.189 e. The highest BCUT2D eigenvalue weighted by atomic mass is 15.3. The highest BCUT2D eigenvalue weighted by molar-refractivity contribution is 5.78. The fourth-order valence-electron chi connectivity index (χ4n) is 3.57. The lowest BCUT2D eigenvalue weighted by atomic mass is 10.1. The van der Waals surface area contributed by atoms with Crippen LogP contribution in [-0.2, 0) is 6.54 Å². The maximum Gasteiger partial charge on any atom is 0.189 e. The number of para-hydroxylation sites is 1. The van der Waals surface area contributed by atoms with Crippen LogP contribution in [0.2, 0.25) is 0 Å². The molecule has 2 aromatic carbocycles. The van der Waals surface area contributed by atoms with Crippen molar-refractivity contribution >= 4 is 5.96 Å². The van der Waals surface area contributed by atoms with Gasteiger partial charge < -0.3 is 11.1 Å². The number of guanidine groups is 1. The molecule has 3 aromatic rings. The minimum absolute atomic E-state index is 0.467. The Morgan fingerprint density at radius 2 is 1.70 bits per heavy atom. The van der Waals surface area contributed by atoms with Crippen LogP contribution in [0.3, 0.4) is 0 Å². The van der Waals surface area contributed by atoms with E-state index in [0.29, 0.717) is 18.5 Å². The maximum atomic E-state index is 6.12. The van der Waals surface area contributed by atoms with Gasteiger partial charge in [-0.05, 0) is 25.0 Å². The first-order valence-corrected chi connectivity index (χ1v) is 9.55.